The van der Waals surface area contributed by atoms with Gasteiger partial charge in [0, 0.05) is 39.0 Å². The molecule has 51 heavy (non-hydrogen) atoms. The van der Waals surface area contributed by atoms with Crippen LogP contribution >= 0.6 is 0 Å². The molecule has 0 unspecified atom stereocenters. The van der Waals surface area contributed by atoms with E-state index in [1.54, 1.807) is 24.3 Å². The molecule has 3 heterocycles. The quantitative estimate of drug-likeness (QED) is 0.181. The zero-order valence-corrected chi connectivity index (χ0v) is 30.1. The van der Waals surface area contributed by atoms with Crippen molar-refractivity contribution in [2.24, 2.45) is 5.92 Å². The van der Waals surface area contributed by atoms with E-state index in [1.165, 1.54) is 11.1 Å². The number of carbonyl (C=O) groups is 1. The van der Waals surface area contributed by atoms with E-state index in [2.05, 4.69) is 111 Å². The Kier molecular flexibility index (Phi) is 6.66. The molecule has 5 aromatic rings. The van der Waals surface area contributed by atoms with Gasteiger partial charge in [0.25, 0.3) is 0 Å². The van der Waals surface area contributed by atoms with Crippen LogP contribution in [0.3, 0.4) is 0 Å². The smallest absolute Gasteiger partial charge is 0.208 e. The molecule has 0 radical (unpaired) electrons. The third-order valence-electron chi connectivity index (χ3n) is 11.4. The third-order valence-corrected chi connectivity index (χ3v) is 13.2. The number of hydrogen-bond donors (Lipinski definition) is 0. The fourth-order valence-corrected chi connectivity index (χ4v) is 10.6. The maximum atomic E-state index is 14.5. The highest BCUT2D eigenvalue weighted by atomic mass is 32.2. The van der Waals surface area contributed by atoms with Crippen LogP contribution in [-0.2, 0) is 20.7 Å². The summed E-state index contributed by atoms with van der Waals surface area (Å²) in [5, 5.41) is 0. The van der Waals surface area contributed by atoms with Crippen LogP contribution in [0.25, 0.3) is 0 Å². The van der Waals surface area contributed by atoms with Crippen molar-refractivity contribution in [3.05, 3.63) is 173 Å². The van der Waals surface area contributed by atoms with Crippen molar-refractivity contribution in [3.8, 4) is 0 Å². The number of fused-ring (bicyclic) bond motifs is 5. The Hall–Kier alpha value is -5.46. The molecule has 252 valence electrons. The summed E-state index contributed by atoms with van der Waals surface area (Å²) in [6, 6.07) is 35.3. The van der Waals surface area contributed by atoms with Gasteiger partial charge in [-0.25, -0.2) is 8.42 Å². The van der Waals surface area contributed by atoms with Crippen molar-refractivity contribution in [1.82, 2.24) is 0 Å². The van der Waals surface area contributed by atoms with Gasteiger partial charge in [-0.1, -0.05) is 107 Å². The highest BCUT2D eigenvalue weighted by Crippen LogP contribution is 2.54. The minimum absolute atomic E-state index is 0.0340. The molecule has 0 amide bonds. The molecule has 4 aliphatic rings. The largest absolute Gasteiger partial charge is 0.310 e. The van der Waals surface area contributed by atoms with Crippen molar-refractivity contribution >= 4 is 44.1 Å². The third kappa shape index (κ3) is 4.32. The van der Waals surface area contributed by atoms with E-state index in [1.807, 2.05) is 42.5 Å². The van der Waals surface area contributed by atoms with Crippen LogP contribution in [0, 0.1) is 5.92 Å². The topological polar surface area (TPSA) is 57.7 Å². The molecule has 0 spiro atoms. The Morgan fingerprint density at radius 1 is 0.588 bits per heavy atom. The lowest BCUT2D eigenvalue weighted by Crippen LogP contribution is -2.36. The molecular formula is C45H38N2O3S. The summed E-state index contributed by atoms with van der Waals surface area (Å²) in [5.41, 5.74) is 10.1. The first-order chi connectivity index (χ1) is 24.4. The van der Waals surface area contributed by atoms with Crippen LogP contribution in [0.4, 0.5) is 28.4 Å². The van der Waals surface area contributed by atoms with Crippen LogP contribution in [0.2, 0.25) is 0 Å². The van der Waals surface area contributed by atoms with Gasteiger partial charge in [0.15, 0.2) is 5.78 Å². The van der Waals surface area contributed by atoms with Crippen molar-refractivity contribution in [1.29, 1.82) is 0 Å². The first-order valence-electron chi connectivity index (χ1n) is 17.5. The molecule has 0 bridgehead atoms. The van der Waals surface area contributed by atoms with Crippen molar-refractivity contribution in [3.63, 3.8) is 0 Å². The molecule has 5 aromatic carbocycles. The average Bonchev–Trinajstić information content (AvgIpc) is 3.33. The number of carbonyl (C=O) groups excluding carboxylic acids is 1. The number of para-hydroxylation sites is 3. The molecule has 0 saturated heterocycles. The second-order valence-electron chi connectivity index (χ2n) is 15.0. The standard InChI is InChI=1S/C45H38N2O3S/c1-28-14-6-10-21-39-42(28)45(4,5)35-17-9-13-20-38(35)47(39)29-23-25-40-32(26-29)43(48)31-24-22-30(27-41(31)51(40,49)50)46-36-18-11-7-15-33(36)44(2,3)34-16-8-12-19-37(34)46/h6-28H,1-5H3/t28-/m0/s1. The summed E-state index contributed by atoms with van der Waals surface area (Å²) >= 11 is 0. The molecule has 0 fully saturated rings. The van der Waals surface area contributed by atoms with Crippen molar-refractivity contribution < 1.29 is 13.2 Å². The van der Waals surface area contributed by atoms with Gasteiger partial charge in [-0.2, -0.15) is 0 Å². The Morgan fingerprint density at radius 2 is 1.14 bits per heavy atom. The summed E-state index contributed by atoms with van der Waals surface area (Å²) in [4.78, 5) is 18.8. The number of anilines is 5. The van der Waals surface area contributed by atoms with Crippen LogP contribution in [0.1, 0.15) is 67.2 Å². The predicted octanol–water partition coefficient (Wildman–Crippen LogP) is 10.6. The van der Waals surface area contributed by atoms with Gasteiger partial charge in [0.2, 0.25) is 9.84 Å². The van der Waals surface area contributed by atoms with E-state index < -0.39 is 9.84 Å². The lowest BCUT2D eigenvalue weighted by molar-refractivity contribution is 0.103. The molecule has 0 N–H and O–H groups in total. The van der Waals surface area contributed by atoms with Gasteiger partial charge in [0.05, 0.1) is 26.9 Å². The predicted molar refractivity (Wildman–Crippen MR) is 205 cm³/mol. The number of benzene rings is 5. The van der Waals surface area contributed by atoms with Gasteiger partial charge in [-0.05, 0) is 88.9 Å². The van der Waals surface area contributed by atoms with Gasteiger partial charge in [-0.15, -0.1) is 0 Å². The van der Waals surface area contributed by atoms with E-state index in [-0.39, 0.29) is 43.4 Å². The average molecular weight is 687 g/mol. The van der Waals surface area contributed by atoms with Crippen molar-refractivity contribution in [2.45, 2.75) is 55.2 Å². The van der Waals surface area contributed by atoms with E-state index >= 15 is 0 Å². The van der Waals surface area contributed by atoms with Crippen LogP contribution in [0.5, 0.6) is 0 Å². The summed E-state index contributed by atoms with van der Waals surface area (Å²) < 4.78 is 29.1. The SMILES string of the molecule is C[C@H]1C=CC=CC2=C1C(C)(C)c1ccccc1N2c1ccc2c(c1)C(=O)c1ccc(N3c4ccccc4C(C)(C)c4ccccc43)cc1S2(=O)=O. The number of ketones is 1. The lowest BCUT2D eigenvalue weighted by Gasteiger charge is -2.44. The minimum atomic E-state index is -4.04. The fraction of sp³-hybridized carbons (Fsp3) is 0.178. The molecule has 0 saturated carbocycles. The molecule has 9 rings (SSSR count). The number of hydrogen-bond acceptors (Lipinski definition) is 5. The number of nitrogens with zero attached hydrogens (tertiary/aromatic N) is 2. The molecule has 5 nitrogen and oxygen atoms in total. The van der Waals surface area contributed by atoms with E-state index in [9.17, 15) is 13.2 Å². The molecular weight excluding hydrogens is 649 g/mol. The zero-order valence-electron chi connectivity index (χ0n) is 29.3. The number of allylic oxidation sites excluding steroid dienone is 5. The Bertz CT molecular complexity index is 2500. The molecule has 1 atom stereocenters. The van der Waals surface area contributed by atoms with Gasteiger partial charge >= 0.3 is 0 Å². The maximum absolute atomic E-state index is 14.5. The second-order valence-corrected chi connectivity index (χ2v) is 16.9. The summed E-state index contributed by atoms with van der Waals surface area (Å²) in [5.74, 6) is -0.124. The first kappa shape index (κ1) is 31.5. The van der Waals surface area contributed by atoms with Crippen molar-refractivity contribution in [2.75, 3.05) is 9.80 Å². The summed E-state index contributed by atoms with van der Waals surface area (Å²) in [6.07, 6.45) is 8.47. The molecule has 1 aliphatic carbocycles. The Morgan fingerprint density at radius 3 is 1.78 bits per heavy atom. The minimum Gasteiger partial charge on any atom is -0.310 e. The normalized spacial score (nSPS) is 20.0. The molecule has 6 heteroatoms. The number of sulfone groups is 1. The van der Waals surface area contributed by atoms with Crippen LogP contribution in [0.15, 0.2) is 155 Å². The highest BCUT2D eigenvalue weighted by Gasteiger charge is 2.42. The van der Waals surface area contributed by atoms with Crippen LogP contribution < -0.4 is 9.80 Å². The zero-order chi connectivity index (χ0) is 35.4. The van der Waals surface area contributed by atoms with E-state index in [4.69, 9.17) is 0 Å². The van der Waals surface area contributed by atoms with E-state index in [0.717, 1.165) is 39.6 Å². The number of rotatable bonds is 2. The maximum Gasteiger partial charge on any atom is 0.208 e. The first-order valence-corrected chi connectivity index (χ1v) is 19.0. The Labute approximate surface area is 299 Å². The van der Waals surface area contributed by atoms with Gasteiger partial charge in [-0.3, -0.25) is 4.79 Å². The summed E-state index contributed by atoms with van der Waals surface area (Å²) in [6.45, 7) is 11.2. The lowest BCUT2D eigenvalue weighted by atomic mass is 9.69. The second kappa shape index (κ2) is 10.8. The fourth-order valence-electron chi connectivity index (χ4n) is 8.97. The molecule has 0 aromatic heterocycles. The Balaban J connectivity index is 1.19. The molecule has 3 aliphatic heterocycles. The van der Waals surface area contributed by atoms with E-state index in [0.29, 0.717) is 5.69 Å². The van der Waals surface area contributed by atoms with Gasteiger partial charge < -0.3 is 9.80 Å². The van der Waals surface area contributed by atoms with Gasteiger partial charge in [0.1, 0.15) is 0 Å². The van der Waals surface area contributed by atoms with Crippen LogP contribution in [-0.4, -0.2) is 14.2 Å². The summed E-state index contributed by atoms with van der Waals surface area (Å²) in [7, 11) is -4.04. The highest BCUT2D eigenvalue weighted by molar-refractivity contribution is 7.91. The monoisotopic (exact) mass is 686 g/mol.